The molecule has 3 aliphatic heterocycles. The largest absolute Gasteiger partial charge is 0.458 e. The lowest BCUT2D eigenvalue weighted by Crippen LogP contribution is -2.60. The average Bonchev–Trinajstić information content (AvgIpc) is 3.80. The zero-order valence-corrected chi connectivity index (χ0v) is 35.7. The van der Waals surface area contributed by atoms with Gasteiger partial charge in [-0.3, -0.25) is 28.7 Å². The molecule has 332 valence electrons. The molecule has 0 spiro atoms. The fourth-order valence-electron chi connectivity index (χ4n) is 8.94. The molecule has 0 saturated carbocycles. The fourth-order valence-corrected chi connectivity index (χ4v) is 8.94. The van der Waals surface area contributed by atoms with Crippen molar-refractivity contribution in [2.75, 3.05) is 20.6 Å². The molecule has 0 aliphatic carbocycles. The SMILES string of the molecule is C.CC[C@H]1OC(=O)[C@H](C)C(=O)[C@H](C)[C@@H](OC2O[C@H](C)C[C@H](N(C)C)[C@H]2O)[C@](C)(OC(=O)NC/C=C/c2cn(-c3cnccn3)cn2)C[C@@H](C)C(=O)C(C)C2CC(=O)O[C@@]21C. The first-order chi connectivity index (χ1) is 27.8. The second-order valence-electron chi connectivity index (χ2n) is 16.9. The molecule has 3 unspecified atom stereocenters. The number of aliphatic hydroxyl groups excluding tert-OH is 1. The summed E-state index contributed by atoms with van der Waals surface area (Å²) in [6.45, 7) is 13.3. The third-order valence-corrected chi connectivity index (χ3v) is 12.2. The Morgan fingerprint density at radius 3 is 2.43 bits per heavy atom. The molecule has 17 nitrogen and oxygen atoms in total. The highest BCUT2D eigenvalue weighted by molar-refractivity contribution is 6.00. The average molecular weight is 841 g/mol. The Morgan fingerprint density at radius 1 is 1.07 bits per heavy atom. The van der Waals surface area contributed by atoms with Gasteiger partial charge in [0, 0.05) is 54.8 Å². The second-order valence-corrected chi connectivity index (χ2v) is 16.9. The Balaban J connectivity index is 0.00000794. The predicted molar refractivity (Wildman–Crippen MR) is 219 cm³/mol. The summed E-state index contributed by atoms with van der Waals surface area (Å²) in [5.41, 5.74) is -2.49. The van der Waals surface area contributed by atoms with Gasteiger partial charge in [0.1, 0.15) is 47.5 Å². The van der Waals surface area contributed by atoms with Crippen molar-refractivity contribution in [3.63, 3.8) is 0 Å². The van der Waals surface area contributed by atoms with Gasteiger partial charge in [-0.1, -0.05) is 41.2 Å². The number of cyclic esters (lactones) is 1. The lowest BCUT2D eigenvalue weighted by molar-refractivity contribution is -0.292. The smallest absolute Gasteiger partial charge is 0.408 e. The summed E-state index contributed by atoms with van der Waals surface area (Å²) in [6, 6.07) is -0.380. The number of aliphatic hydroxyl groups is 1. The number of amides is 1. The van der Waals surface area contributed by atoms with Crippen LogP contribution >= 0.6 is 0 Å². The van der Waals surface area contributed by atoms with Crippen LogP contribution in [0.5, 0.6) is 0 Å². The van der Waals surface area contributed by atoms with Crippen LogP contribution in [-0.2, 0) is 42.9 Å². The first-order valence-corrected chi connectivity index (χ1v) is 20.4. The van der Waals surface area contributed by atoms with Crippen molar-refractivity contribution in [3.8, 4) is 5.82 Å². The van der Waals surface area contributed by atoms with E-state index in [4.69, 9.17) is 23.7 Å². The van der Waals surface area contributed by atoms with Gasteiger partial charge in [0.05, 0.1) is 24.4 Å². The molecular weight excluding hydrogens is 777 g/mol. The van der Waals surface area contributed by atoms with Gasteiger partial charge >= 0.3 is 18.0 Å². The van der Waals surface area contributed by atoms with E-state index in [1.165, 1.54) is 6.92 Å². The van der Waals surface area contributed by atoms with Gasteiger partial charge in [-0.15, -0.1) is 0 Å². The number of Topliss-reactive ketones (excluding diaryl/α,β-unsaturated/α-hetero) is 2. The number of rotatable bonds is 9. The Labute approximate surface area is 352 Å². The molecule has 1 amide bonds. The van der Waals surface area contributed by atoms with Crippen molar-refractivity contribution in [1.82, 2.24) is 29.7 Å². The van der Waals surface area contributed by atoms with Crippen LogP contribution in [0.1, 0.15) is 94.2 Å². The maximum Gasteiger partial charge on any atom is 0.408 e. The molecule has 3 aliphatic rings. The van der Waals surface area contributed by atoms with Crippen LogP contribution in [0.15, 0.2) is 37.2 Å². The monoisotopic (exact) mass is 840 g/mol. The molecule has 5 heterocycles. The molecule has 60 heavy (non-hydrogen) atoms. The zero-order valence-electron chi connectivity index (χ0n) is 35.7. The van der Waals surface area contributed by atoms with E-state index in [1.54, 1.807) is 89.4 Å². The number of imidazole rings is 1. The molecule has 13 atom stereocenters. The number of likely N-dealkylation sites (N-methyl/N-ethyl adjacent to an activating group) is 1. The number of ketones is 2. The highest BCUT2D eigenvalue weighted by Gasteiger charge is 2.57. The van der Waals surface area contributed by atoms with E-state index in [-0.39, 0.29) is 51.2 Å². The zero-order chi connectivity index (χ0) is 43.4. The van der Waals surface area contributed by atoms with Crippen molar-refractivity contribution in [1.29, 1.82) is 0 Å². The van der Waals surface area contributed by atoms with Crippen LogP contribution < -0.4 is 5.32 Å². The van der Waals surface area contributed by atoms with E-state index < -0.39 is 89.2 Å². The van der Waals surface area contributed by atoms with Crippen LogP contribution in [0.4, 0.5) is 4.79 Å². The van der Waals surface area contributed by atoms with E-state index in [9.17, 15) is 29.1 Å². The summed E-state index contributed by atoms with van der Waals surface area (Å²) < 4.78 is 32.5. The summed E-state index contributed by atoms with van der Waals surface area (Å²) in [5.74, 6) is -6.34. The fraction of sp³-hybridized carbons (Fsp3) is 0.674. The Bertz CT molecular complexity index is 1860. The molecule has 0 bridgehead atoms. The number of hydrogen-bond donors (Lipinski definition) is 2. The minimum atomic E-state index is -1.74. The van der Waals surface area contributed by atoms with Gasteiger partial charge in [-0.05, 0) is 67.1 Å². The number of fused-ring (bicyclic) bond motifs is 1. The lowest BCUT2D eigenvalue weighted by atomic mass is 9.70. The third-order valence-electron chi connectivity index (χ3n) is 12.2. The maximum atomic E-state index is 14.5. The first-order valence-electron chi connectivity index (χ1n) is 20.4. The third kappa shape index (κ3) is 10.5. The summed E-state index contributed by atoms with van der Waals surface area (Å²) >= 11 is 0. The standard InChI is InChI=1S/C42H60N6O11.CH4/c1-11-31-42(8)29(18-33(49)58-42)25(4)34(50)23(2)19-41(7,59-40(54)45-14-12-13-28-21-48(22-46-28)32-20-43-15-16-44-32)37(26(5)35(51)27(6)38(53)56-31)57-39-36(52)30(47(9)10)17-24(3)55-39;/h12-13,15-16,20-27,29-31,36-37,39,52H,11,14,17-19H2,1-10H3,(H,45,54);1H4/b13-12+;/t23-,24-,25?,26+,27-,29?,30+,31-,36-,37-,39?,41-,42+;/m1./s1. The molecular formula is C43H64N6O11. The van der Waals surface area contributed by atoms with Gasteiger partial charge in [0.15, 0.2) is 17.9 Å². The van der Waals surface area contributed by atoms with E-state index in [0.717, 1.165) is 0 Å². The highest BCUT2D eigenvalue weighted by Crippen LogP contribution is 2.45. The van der Waals surface area contributed by atoms with Crippen LogP contribution in [0.2, 0.25) is 0 Å². The van der Waals surface area contributed by atoms with E-state index in [1.807, 2.05) is 25.9 Å². The number of carbonyl (C=O) groups is 5. The number of esters is 2. The van der Waals surface area contributed by atoms with Gasteiger partial charge in [-0.2, -0.15) is 0 Å². The van der Waals surface area contributed by atoms with Crippen molar-refractivity contribution in [3.05, 3.63) is 42.9 Å². The van der Waals surface area contributed by atoms with Crippen LogP contribution in [-0.4, -0.2) is 128 Å². The number of hydrogen-bond acceptors (Lipinski definition) is 15. The minimum Gasteiger partial charge on any atom is -0.458 e. The topological polar surface area (TPSA) is 211 Å². The molecule has 0 aromatic carbocycles. The quantitative estimate of drug-likeness (QED) is 0.204. The number of nitrogens with one attached hydrogen (secondary N) is 1. The number of carbonyl (C=O) groups excluding carboxylic acids is 5. The van der Waals surface area contributed by atoms with Crippen LogP contribution in [0, 0.1) is 29.6 Å². The molecule has 0 radical (unpaired) electrons. The molecule has 3 fully saturated rings. The van der Waals surface area contributed by atoms with E-state index >= 15 is 0 Å². The van der Waals surface area contributed by atoms with Crippen molar-refractivity contribution in [2.45, 2.75) is 136 Å². The molecule has 3 saturated heterocycles. The van der Waals surface area contributed by atoms with E-state index in [0.29, 0.717) is 17.9 Å². The maximum absolute atomic E-state index is 14.5. The predicted octanol–water partition coefficient (Wildman–Crippen LogP) is 4.34. The highest BCUT2D eigenvalue weighted by atomic mass is 16.7. The molecule has 2 N–H and O–H groups in total. The van der Waals surface area contributed by atoms with Crippen molar-refractivity contribution in [2.24, 2.45) is 29.6 Å². The van der Waals surface area contributed by atoms with Gasteiger partial charge < -0.3 is 39.0 Å². The number of nitrogens with zero attached hydrogens (tertiary/aromatic N) is 5. The Hall–Kier alpha value is -4.58. The second kappa shape index (κ2) is 19.9. The van der Waals surface area contributed by atoms with Gasteiger partial charge in [-0.25, -0.2) is 14.8 Å². The normalized spacial score (nSPS) is 35.6. The summed E-state index contributed by atoms with van der Waals surface area (Å²) in [6.07, 6.45) is 5.99. The molecule has 17 heteroatoms. The minimum absolute atomic E-state index is 0. The number of ether oxygens (including phenoxy) is 5. The molecule has 2 aromatic heterocycles. The lowest BCUT2D eigenvalue weighted by Gasteiger charge is -2.47. The van der Waals surface area contributed by atoms with Crippen molar-refractivity contribution >= 4 is 35.7 Å². The summed E-state index contributed by atoms with van der Waals surface area (Å²) in [7, 11) is 3.65. The number of alkyl carbamates (subject to hydrolysis) is 1. The van der Waals surface area contributed by atoms with Crippen LogP contribution in [0.3, 0.4) is 0 Å². The molecule has 2 aromatic rings. The van der Waals surface area contributed by atoms with Gasteiger partial charge in [0.25, 0.3) is 0 Å². The Morgan fingerprint density at radius 2 is 1.78 bits per heavy atom. The molecule has 5 rings (SSSR count). The van der Waals surface area contributed by atoms with Crippen LogP contribution in [0.25, 0.3) is 11.9 Å². The van der Waals surface area contributed by atoms with Gasteiger partial charge in [0.2, 0.25) is 0 Å². The summed E-state index contributed by atoms with van der Waals surface area (Å²) in [5, 5.41) is 14.3. The number of aromatic nitrogens is 4. The van der Waals surface area contributed by atoms with E-state index in [2.05, 4.69) is 20.3 Å². The Kier molecular flexibility index (Phi) is 15.9. The van der Waals surface area contributed by atoms with Crippen molar-refractivity contribution < 1.29 is 52.8 Å². The first kappa shape index (κ1) is 48.1. The summed E-state index contributed by atoms with van der Waals surface area (Å²) in [4.78, 5) is 83.9.